The van der Waals surface area contributed by atoms with Gasteiger partial charge in [-0.1, -0.05) is 11.6 Å². The van der Waals surface area contributed by atoms with Gasteiger partial charge in [0.25, 0.3) is 5.91 Å². The van der Waals surface area contributed by atoms with Crippen LogP contribution in [0.5, 0.6) is 0 Å². The number of anilines is 1. The van der Waals surface area contributed by atoms with E-state index in [-0.39, 0.29) is 19.3 Å². The van der Waals surface area contributed by atoms with Crippen LogP contribution in [0.25, 0.3) is 5.69 Å². The molecule has 1 aromatic heterocycles. The summed E-state index contributed by atoms with van der Waals surface area (Å²) in [5.41, 5.74) is -3.89. The van der Waals surface area contributed by atoms with Gasteiger partial charge in [-0.05, 0) is 6.07 Å². The van der Waals surface area contributed by atoms with E-state index in [2.05, 4.69) is 5.10 Å². The van der Waals surface area contributed by atoms with E-state index in [0.717, 1.165) is 0 Å². The summed E-state index contributed by atoms with van der Waals surface area (Å²) in [5, 5.41) is 15.7. The average molecular weight is 459 g/mol. The molecule has 30 heavy (non-hydrogen) atoms. The average Bonchev–Trinajstić information content (AvgIpc) is 3.04. The lowest BCUT2D eigenvalue weighted by atomic mass is 10.1. The van der Waals surface area contributed by atoms with E-state index in [1.54, 1.807) is 0 Å². The van der Waals surface area contributed by atoms with Crippen LogP contribution in [-0.2, 0) is 20.4 Å². The van der Waals surface area contributed by atoms with E-state index >= 15 is 0 Å². The SMILES string of the molecule is COCCOCC(=O)Nc1c([N+](=O)[O-])cnn1-c1c(Cl)cc(C(F)(F)F)c(F)c1F. The Balaban J connectivity index is 2.50. The number of amides is 1. The van der Waals surface area contributed by atoms with Crippen molar-refractivity contribution in [2.45, 2.75) is 6.18 Å². The van der Waals surface area contributed by atoms with Gasteiger partial charge < -0.3 is 14.8 Å². The number of rotatable bonds is 8. The largest absolute Gasteiger partial charge is 0.419 e. The maximum absolute atomic E-state index is 14.4. The van der Waals surface area contributed by atoms with Crippen molar-refractivity contribution >= 4 is 29.0 Å². The van der Waals surface area contributed by atoms with Crippen molar-refractivity contribution in [3.05, 3.63) is 44.6 Å². The third kappa shape index (κ3) is 5.01. The summed E-state index contributed by atoms with van der Waals surface area (Å²) >= 11 is 5.67. The highest BCUT2D eigenvalue weighted by Crippen LogP contribution is 2.39. The van der Waals surface area contributed by atoms with E-state index in [1.165, 1.54) is 7.11 Å². The molecule has 1 amide bonds. The van der Waals surface area contributed by atoms with Crippen LogP contribution in [0.2, 0.25) is 5.02 Å². The Bertz CT molecular complexity index is 966. The standard InChI is InChI=1S/C15H12ClF5N4O5/c1-29-2-3-30-6-10(26)23-14-9(25(27)28)5-22-24(14)13-8(16)4-7(15(19,20)21)11(17)12(13)18/h4-5H,2-3,6H2,1H3,(H,23,26). The fourth-order valence-electron chi connectivity index (χ4n) is 2.22. The summed E-state index contributed by atoms with van der Waals surface area (Å²) in [4.78, 5) is 22.1. The third-order valence-corrected chi connectivity index (χ3v) is 3.81. The normalized spacial score (nSPS) is 11.6. The number of alkyl halides is 3. The number of nitro groups is 1. The molecular weight excluding hydrogens is 447 g/mol. The van der Waals surface area contributed by atoms with Crippen LogP contribution in [0.15, 0.2) is 12.3 Å². The van der Waals surface area contributed by atoms with Crippen molar-refractivity contribution in [1.29, 1.82) is 0 Å². The molecule has 2 aromatic rings. The number of carbonyl (C=O) groups excluding carboxylic acids is 1. The number of halogens is 6. The van der Waals surface area contributed by atoms with Gasteiger partial charge in [-0.3, -0.25) is 14.9 Å². The zero-order chi connectivity index (χ0) is 22.6. The van der Waals surface area contributed by atoms with Crippen LogP contribution in [-0.4, -0.2) is 47.5 Å². The summed E-state index contributed by atoms with van der Waals surface area (Å²) in [6, 6.07) is 0.0995. The van der Waals surface area contributed by atoms with Crippen LogP contribution < -0.4 is 5.32 Å². The fourth-order valence-corrected chi connectivity index (χ4v) is 2.49. The second kappa shape index (κ2) is 9.32. The number of ether oxygens (including phenoxy) is 2. The van der Waals surface area contributed by atoms with Crippen molar-refractivity contribution in [2.75, 3.05) is 32.2 Å². The summed E-state index contributed by atoms with van der Waals surface area (Å²) in [6.45, 7) is -0.434. The van der Waals surface area contributed by atoms with Crippen molar-refractivity contribution in [3.8, 4) is 5.69 Å². The second-order valence-electron chi connectivity index (χ2n) is 5.52. The van der Waals surface area contributed by atoms with Crippen LogP contribution in [0.4, 0.5) is 33.5 Å². The monoisotopic (exact) mass is 458 g/mol. The molecule has 0 aliphatic carbocycles. The lowest BCUT2D eigenvalue weighted by Crippen LogP contribution is -2.22. The Hall–Kier alpha value is -2.84. The highest BCUT2D eigenvalue weighted by Gasteiger charge is 2.38. The number of nitrogens with zero attached hydrogens (tertiary/aromatic N) is 3. The highest BCUT2D eigenvalue weighted by atomic mass is 35.5. The van der Waals surface area contributed by atoms with Gasteiger partial charge in [-0.2, -0.15) is 18.3 Å². The van der Waals surface area contributed by atoms with E-state index in [4.69, 9.17) is 21.1 Å². The predicted octanol–water partition coefficient (Wildman–Crippen LogP) is 3.33. The second-order valence-corrected chi connectivity index (χ2v) is 5.93. The van der Waals surface area contributed by atoms with E-state index < -0.39 is 63.0 Å². The molecule has 1 aromatic carbocycles. The molecule has 0 spiro atoms. The maximum atomic E-state index is 14.4. The summed E-state index contributed by atoms with van der Waals surface area (Å²) in [5.74, 6) is -6.07. The summed E-state index contributed by atoms with van der Waals surface area (Å²) in [6.07, 6.45) is -4.67. The molecule has 164 valence electrons. The van der Waals surface area contributed by atoms with Gasteiger partial charge in [0.05, 0.1) is 28.7 Å². The van der Waals surface area contributed by atoms with Gasteiger partial charge in [0.2, 0.25) is 5.82 Å². The molecular formula is C15H12ClF5N4O5. The van der Waals surface area contributed by atoms with Crippen molar-refractivity contribution in [2.24, 2.45) is 0 Å². The Labute approximate surface area is 169 Å². The molecule has 1 N–H and O–H groups in total. The van der Waals surface area contributed by atoms with E-state index in [9.17, 15) is 36.9 Å². The maximum Gasteiger partial charge on any atom is 0.419 e. The van der Waals surface area contributed by atoms with Gasteiger partial charge in [0.15, 0.2) is 11.6 Å². The van der Waals surface area contributed by atoms with Gasteiger partial charge in [-0.25, -0.2) is 13.5 Å². The minimum atomic E-state index is -5.25. The smallest absolute Gasteiger partial charge is 0.382 e. The first-order valence-electron chi connectivity index (χ1n) is 7.83. The van der Waals surface area contributed by atoms with Gasteiger partial charge in [0.1, 0.15) is 18.5 Å². The molecule has 0 aliphatic heterocycles. The number of hydrogen-bond acceptors (Lipinski definition) is 6. The number of benzene rings is 1. The van der Waals surface area contributed by atoms with Gasteiger partial charge in [-0.15, -0.1) is 0 Å². The molecule has 0 bridgehead atoms. The minimum absolute atomic E-state index is 0.00977. The lowest BCUT2D eigenvalue weighted by Gasteiger charge is -2.15. The number of aromatic nitrogens is 2. The number of nitrogens with one attached hydrogen (secondary N) is 1. The van der Waals surface area contributed by atoms with Crippen molar-refractivity contribution in [1.82, 2.24) is 9.78 Å². The first kappa shape index (κ1) is 23.4. The predicted molar refractivity (Wildman–Crippen MR) is 91.5 cm³/mol. The quantitative estimate of drug-likeness (QED) is 0.214. The first-order chi connectivity index (χ1) is 14.0. The van der Waals surface area contributed by atoms with Crippen LogP contribution in [0.3, 0.4) is 0 Å². The molecule has 15 heteroatoms. The Kier molecular flexibility index (Phi) is 7.28. The first-order valence-corrected chi connectivity index (χ1v) is 8.20. The van der Waals surface area contributed by atoms with Gasteiger partial charge in [0, 0.05) is 7.11 Å². The molecule has 2 rings (SSSR count). The zero-order valence-corrected chi connectivity index (χ0v) is 15.7. The van der Waals surface area contributed by atoms with E-state index in [0.29, 0.717) is 10.9 Å². The van der Waals surface area contributed by atoms with Crippen LogP contribution in [0, 0.1) is 21.7 Å². The van der Waals surface area contributed by atoms with E-state index in [1.807, 2.05) is 5.32 Å². The van der Waals surface area contributed by atoms with Crippen molar-refractivity contribution in [3.63, 3.8) is 0 Å². The Morgan fingerprint density at radius 3 is 2.57 bits per heavy atom. The Morgan fingerprint density at radius 2 is 2.00 bits per heavy atom. The molecule has 0 saturated heterocycles. The molecule has 0 fully saturated rings. The van der Waals surface area contributed by atoms with Crippen molar-refractivity contribution < 1.29 is 41.1 Å². The van der Waals surface area contributed by atoms with Crippen LogP contribution >= 0.6 is 11.6 Å². The topological polar surface area (TPSA) is 109 Å². The summed E-state index contributed by atoms with van der Waals surface area (Å²) < 4.78 is 76.8. The number of hydrogen-bond donors (Lipinski definition) is 1. The lowest BCUT2D eigenvalue weighted by molar-refractivity contribution is -0.384. The third-order valence-electron chi connectivity index (χ3n) is 3.52. The fraction of sp³-hybridized carbons (Fsp3) is 0.333. The molecule has 0 atom stereocenters. The highest BCUT2D eigenvalue weighted by molar-refractivity contribution is 6.32. The van der Waals surface area contributed by atoms with Gasteiger partial charge >= 0.3 is 11.9 Å². The molecule has 0 saturated carbocycles. The molecule has 0 unspecified atom stereocenters. The van der Waals surface area contributed by atoms with Crippen LogP contribution in [0.1, 0.15) is 5.56 Å². The molecule has 9 nitrogen and oxygen atoms in total. The zero-order valence-electron chi connectivity index (χ0n) is 14.9. The summed E-state index contributed by atoms with van der Waals surface area (Å²) in [7, 11) is 1.38. The molecule has 0 radical (unpaired) electrons. The molecule has 0 aliphatic rings. The number of carbonyl (C=O) groups is 1. The Morgan fingerprint density at radius 1 is 1.33 bits per heavy atom. The minimum Gasteiger partial charge on any atom is -0.382 e. The number of methoxy groups -OCH3 is 1. The molecule has 1 heterocycles.